The zero-order valence-corrected chi connectivity index (χ0v) is 13.0. The van der Waals surface area contributed by atoms with Crippen molar-refractivity contribution in [3.8, 4) is 5.75 Å². The Morgan fingerprint density at radius 1 is 1.33 bits per heavy atom. The zero-order valence-electron chi connectivity index (χ0n) is 13.0. The molecule has 0 aliphatic heterocycles. The van der Waals surface area contributed by atoms with Crippen molar-refractivity contribution in [3.05, 3.63) is 35.9 Å². The van der Waals surface area contributed by atoms with Gasteiger partial charge in [-0.15, -0.1) is 13.2 Å². The quantitative estimate of drug-likeness (QED) is 0.874. The van der Waals surface area contributed by atoms with Crippen LogP contribution in [0.1, 0.15) is 11.6 Å². The zero-order chi connectivity index (χ0) is 17.7. The largest absolute Gasteiger partial charge is 0.573 e. The van der Waals surface area contributed by atoms with Gasteiger partial charge >= 0.3 is 12.4 Å². The minimum Gasteiger partial charge on any atom is -0.406 e. The van der Waals surface area contributed by atoms with Crippen LogP contribution >= 0.6 is 0 Å². The number of carbonyl (C=O) groups excluding carboxylic acids is 1. The summed E-state index contributed by atoms with van der Waals surface area (Å²) in [7, 11) is 0. The van der Waals surface area contributed by atoms with Crippen molar-refractivity contribution >= 4 is 11.7 Å². The predicted molar refractivity (Wildman–Crippen MR) is 79.6 cm³/mol. The Balaban J connectivity index is 1.84. The van der Waals surface area contributed by atoms with E-state index in [9.17, 15) is 18.0 Å². The Labute approximate surface area is 135 Å². The monoisotopic (exact) mass is 343 g/mol. The van der Waals surface area contributed by atoms with Gasteiger partial charge in [0.25, 0.3) is 0 Å². The number of urea groups is 1. The smallest absolute Gasteiger partial charge is 0.406 e. The number of alkyl halides is 3. The SMILES string of the molecule is Cc1nc(C)n(CCNC(=O)Nc2cccc(OC(F)(F)F)c2)n1. The molecule has 0 spiro atoms. The molecule has 130 valence electrons. The molecule has 7 nitrogen and oxygen atoms in total. The molecule has 2 aromatic rings. The number of amides is 2. The van der Waals surface area contributed by atoms with Crippen LogP contribution in [0, 0.1) is 13.8 Å². The number of rotatable bonds is 5. The summed E-state index contributed by atoms with van der Waals surface area (Å²) >= 11 is 0. The summed E-state index contributed by atoms with van der Waals surface area (Å²) in [5, 5.41) is 9.16. The topological polar surface area (TPSA) is 81.1 Å². The van der Waals surface area contributed by atoms with Crippen LogP contribution in [0.25, 0.3) is 0 Å². The van der Waals surface area contributed by atoms with Crippen molar-refractivity contribution < 1.29 is 22.7 Å². The second kappa shape index (κ2) is 7.20. The lowest BCUT2D eigenvalue weighted by Gasteiger charge is -2.11. The molecule has 2 amide bonds. The third-order valence-corrected chi connectivity index (χ3v) is 2.90. The molecule has 24 heavy (non-hydrogen) atoms. The maximum absolute atomic E-state index is 12.2. The average molecular weight is 343 g/mol. The number of hydrogen-bond donors (Lipinski definition) is 2. The van der Waals surface area contributed by atoms with E-state index < -0.39 is 18.1 Å². The van der Waals surface area contributed by atoms with E-state index in [2.05, 4.69) is 25.5 Å². The van der Waals surface area contributed by atoms with E-state index in [0.717, 1.165) is 18.0 Å². The van der Waals surface area contributed by atoms with Crippen LogP contribution in [-0.2, 0) is 6.54 Å². The van der Waals surface area contributed by atoms with Crippen LogP contribution in [0.4, 0.5) is 23.7 Å². The summed E-state index contributed by atoms with van der Waals surface area (Å²) in [6.07, 6.45) is -4.78. The first-order valence-electron chi connectivity index (χ1n) is 7.01. The number of nitrogens with one attached hydrogen (secondary N) is 2. The lowest BCUT2D eigenvalue weighted by atomic mass is 10.3. The molecule has 0 radical (unpaired) electrons. The Kier molecular flexibility index (Phi) is 5.27. The van der Waals surface area contributed by atoms with Crippen molar-refractivity contribution in [1.82, 2.24) is 20.1 Å². The first kappa shape index (κ1) is 17.6. The van der Waals surface area contributed by atoms with Crippen molar-refractivity contribution in [2.24, 2.45) is 0 Å². The Bertz CT molecular complexity index is 715. The van der Waals surface area contributed by atoms with Crippen LogP contribution in [0.15, 0.2) is 24.3 Å². The minimum absolute atomic E-state index is 0.182. The molecule has 0 saturated carbocycles. The average Bonchev–Trinajstić information content (AvgIpc) is 2.75. The van der Waals surface area contributed by atoms with Gasteiger partial charge in [-0.25, -0.2) is 14.5 Å². The van der Waals surface area contributed by atoms with Crippen LogP contribution in [0.5, 0.6) is 5.75 Å². The molecule has 2 rings (SSSR count). The molecule has 2 N–H and O–H groups in total. The second-order valence-corrected chi connectivity index (χ2v) is 4.89. The van der Waals surface area contributed by atoms with E-state index >= 15 is 0 Å². The van der Waals surface area contributed by atoms with Gasteiger partial charge in [0.05, 0.1) is 6.54 Å². The Morgan fingerprint density at radius 3 is 2.71 bits per heavy atom. The molecule has 0 fully saturated rings. The first-order valence-corrected chi connectivity index (χ1v) is 7.01. The normalized spacial score (nSPS) is 11.2. The highest BCUT2D eigenvalue weighted by molar-refractivity contribution is 5.89. The summed E-state index contributed by atoms with van der Waals surface area (Å²) in [5.74, 6) is 0.958. The van der Waals surface area contributed by atoms with E-state index in [4.69, 9.17) is 0 Å². The fraction of sp³-hybridized carbons (Fsp3) is 0.357. The summed E-state index contributed by atoms with van der Waals surface area (Å²) in [6, 6.07) is 4.48. The third-order valence-electron chi connectivity index (χ3n) is 2.90. The molecular weight excluding hydrogens is 327 g/mol. The molecule has 1 aromatic heterocycles. The van der Waals surface area contributed by atoms with E-state index in [-0.39, 0.29) is 12.2 Å². The van der Waals surface area contributed by atoms with E-state index in [1.165, 1.54) is 12.1 Å². The van der Waals surface area contributed by atoms with Gasteiger partial charge in [-0.3, -0.25) is 0 Å². The van der Waals surface area contributed by atoms with Gasteiger partial charge in [0.15, 0.2) is 0 Å². The molecular formula is C14H16F3N5O2. The summed E-state index contributed by atoms with van der Waals surface area (Å²) in [6.45, 7) is 4.28. The van der Waals surface area contributed by atoms with E-state index in [1.807, 2.05) is 0 Å². The van der Waals surface area contributed by atoms with Gasteiger partial charge in [0.1, 0.15) is 17.4 Å². The van der Waals surface area contributed by atoms with Crippen molar-refractivity contribution in [3.63, 3.8) is 0 Å². The molecule has 0 unspecified atom stereocenters. The molecule has 0 atom stereocenters. The fourth-order valence-electron chi connectivity index (χ4n) is 1.99. The van der Waals surface area contributed by atoms with E-state index in [0.29, 0.717) is 12.4 Å². The van der Waals surface area contributed by atoms with Gasteiger partial charge in [-0.05, 0) is 26.0 Å². The van der Waals surface area contributed by atoms with Crippen molar-refractivity contribution in [2.45, 2.75) is 26.8 Å². The molecule has 0 aliphatic carbocycles. The fourth-order valence-corrected chi connectivity index (χ4v) is 1.99. The van der Waals surface area contributed by atoms with Gasteiger partial charge in [0.2, 0.25) is 0 Å². The Hall–Kier alpha value is -2.78. The highest BCUT2D eigenvalue weighted by Gasteiger charge is 2.31. The standard InChI is InChI=1S/C14H16F3N5O2/c1-9-19-10(2)22(21-9)7-6-18-13(23)20-11-4-3-5-12(8-11)24-14(15,16)17/h3-5,8H,6-7H2,1-2H3,(H2,18,20,23). The number of halogens is 3. The number of hydrogen-bond acceptors (Lipinski definition) is 4. The van der Waals surface area contributed by atoms with Gasteiger partial charge in [-0.2, -0.15) is 5.10 Å². The summed E-state index contributed by atoms with van der Waals surface area (Å²) in [4.78, 5) is 15.9. The third kappa shape index (κ3) is 5.45. The number of anilines is 1. The first-order chi connectivity index (χ1) is 11.2. The lowest BCUT2D eigenvalue weighted by molar-refractivity contribution is -0.274. The number of aromatic nitrogens is 3. The second-order valence-electron chi connectivity index (χ2n) is 4.89. The van der Waals surface area contributed by atoms with Crippen molar-refractivity contribution in [2.75, 3.05) is 11.9 Å². The summed E-state index contributed by atoms with van der Waals surface area (Å²) < 4.78 is 41.9. The predicted octanol–water partition coefficient (Wildman–Crippen LogP) is 2.62. The lowest BCUT2D eigenvalue weighted by Crippen LogP contribution is -2.31. The number of ether oxygens (including phenoxy) is 1. The van der Waals surface area contributed by atoms with Crippen LogP contribution < -0.4 is 15.4 Å². The molecule has 0 aliphatic rings. The molecule has 1 heterocycles. The van der Waals surface area contributed by atoms with Gasteiger partial charge < -0.3 is 15.4 Å². The molecule has 0 bridgehead atoms. The van der Waals surface area contributed by atoms with Gasteiger partial charge in [-0.1, -0.05) is 6.07 Å². The summed E-state index contributed by atoms with van der Waals surface area (Å²) in [5.41, 5.74) is 0.182. The maximum atomic E-state index is 12.2. The number of carbonyl (C=O) groups is 1. The Morgan fingerprint density at radius 2 is 2.08 bits per heavy atom. The number of benzene rings is 1. The molecule has 0 saturated heterocycles. The minimum atomic E-state index is -4.78. The van der Waals surface area contributed by atoms with Crippen LogP contribution in [-0.4, -0.2) is 33.7 Å². The highest BCUT2D eigenvalue weighted by atomic mass is 19.4. The number of nitrogens with zero attached hydrogens (tertiary/aromatic N) is 3. The van der Waals surface area contributed by atoms with E-state index in [1.54, 1.807) is 18.5 Å². The van der Waals surface area contributed by atoms with Gasteiger partial charge in [0, 0.05) is 18.3 Å². The number of aryl methyl sites for hydroxylation is 2. The van der Waals surface area contributed by atoms with Crippen LogP contribution in [0.2, 0.25) is 0 Å². The maximum Gasteiger partial charge on any atom is 0.573 e. The molecule has 10 heteroatoms. The van der Waals surface area contributed by atoms with Crippen molar-refractivity contribution in [1.29, 1.82) is 0 Å². The molecule has 1 aromatic carbocycles. The van der Waals surface area contributed by atoms with Crippen LogP contribution in [0.3, 0.4) is 0 Å². The highest BCUT2D eigenvalue weighted by Crippen LogP contribution is 2.24.